The number of primary amides is 1. The molecule has 0 atom stereocenters. The van der Waals surface area contributed by atoms with Crippen molar-refractivity contribution in [2.24, 2.45) is 5.73 Å². The number of amides is 1. The number of carbonyl (C=O) groups excluding carboxylic acids is 1. The number of nitrogens with one attached hydrogen (secondary N) is 1. The first-order chi connectivity index (χ1) is 13.9. The Hall–Kier alpha value is -3.72. The number of para-hydroxylation sites is 2. The maximum atomic E-state index is 14.4. The van der Waals surface area contributed by atoms with Crippen LogP contribution < -0.4 is 16.2 Å². The van der Waals surface area contributed by atoms with Gasteiger partial charge in [0.05, 0.1) is 23.4 Å². The Morgan fingerprint density at radius 1 is 1.21 bits per heavy atom. The van der Waals surface area contributed by atoms with E-state index in [1.165, 1.54) is 29.9 Å². The Labute approximate surface area is 167 Å². The molecule has 3 N–H and O–H groups in total. The van der Waals surface area contributed by atoms with Gasteiger partial charge < -0.3 is 15.5 Å². The minimum Gasteiger partial charge on any atom is -0.495 e. The summed E-state index contributed by atoms with van der Waals surface area (Å²) >= 11 is 6.12. The monoisotopic (exact) mass is 413 g/mol. The van der Waals surface area contributed by atoms with Gasteiger partial charge >= 0.3 is 5.69 Å². The number of carbonyl (C=O) groups is 1. The fraction of sp³-hybridized carbons (Fsp3) is 0.0526. The van der Waals surface area contributed by atoms with Crippen LogP contribution in [0.1, 0.15) is 10.5 Å². The normalized spacial score (nSPS) is 11.0. The first kappa shape index (κ1) is 18.6. The molecular weight excluding hydrogens is 401 g/mol. The number of hydrogen-bond acceptors (Lipinski definition) is 5. The molecule has 4 aromatic rings. The molecule has 0 unspecified atom stereocenters. The van der Waals surface area contributed by atoms with Crippen LogP contribution in [-0.2, 0) is 0 Å². The summed E-state index contributed by atoms with van der Waals surface area (Å²) in [4.78, 5) is 35.6. The number of nitrogens with zero attached hydrogens (tertiary/aromatic N) is 3. The summed E-state index contributed by atoms with van der Waals surface area (Å²) in [7, 11) is 1.45. The third kappa shape index (κ3) is 3.01. The largest absolute Gasteiger partial charge is 0.495 e. The number of nitrogens with two attached hydrogens (primary N) is 1. The first-order valence-corrected chi connectivity index (χ1v) is 8.70. The second kappa shape index (κ2) is 7.02. The van der Waals surface area contributed by atoms with Crippen LogP contribution in [-0.4, -0.2) is 32.5 Å². The highest BCUT2D eigenvalue weighted by Gasteiger charge is 2.23. The van der Waals surface area contributed by atoms with Crippen molar-refractivity contribution < 1.29 is 13.9 Å². The Balaban J connectivity index is 2.13. The lowest BCUT2D eigenvalue weighted by molar-refractivity contribution is 0.0997. The number of fused-ring (bicyclic) bond motifs is 1. The Kier molecular flexibility index (Phi) is 4.51. The molecule has 0 spiro atoms. The second-order valence-electron chi connectivity index (χ2n) is 5.99. The van der Waals surface area contributed by atoms with Gasteiger partial charge in [-0.05, 0) is 24.3 Å². The SMILES string of the molecule is COc1ccccc1-n1c(=O)[nH]c2c(C(N)=O)nc(-c3c(F)cccc3Cl)nc21. The molecule has 1 amide bonds. The van der Waals surface area contributed by atoms with Crippen molar-refractivity contribution in [2.75, 3.05) is 7.11 Å². The zero-order valence-corrected chi connectivity index (χ0v) is 15.7. The van der Waals surface area contributed by atoms with Crippen LogP contribution in [0.4, 0.5) is 4.39 Å². The summed E-state index contributed by atoms with van der Waals surface area (Å²) in [5.74, 6) is -1.40. The molecule has 0 aliphatic carbocycles. The molecule has 29 heavy (non-hydrogen) atoms. The average Bonchev–Trinajstić information content (AvgIpc) is 3.02. The molecule has 0 bridgehead atoms. The van der Waals surface area contributed by atoms with E-state index in [4.69, 9.17) is 22.1 Å². The molecule has 0 fully saturated rings. The highest BCUT2D eigenvalue weighted by atomic mass is 35.5. The second-order valence-corrected chi connectivity index (χ2v) is 6.40. The third-order valence-electron chi connectivity index (χ3n) is 4.28. The Morgan fingerprint density at radius 3 is 2.66 bits per heavy atom. The van der Waals surface area contributed by atoms with E-state index >= 15 is 0 Å². The van der Waals surface area contributed by atoms with Crippen LogP contribution in [0.15, 0.2) is 47.3 Å². The fourth-order valence-corrected chi connectivity index (χ4v) is 3.27. The van der Waals surface area contributed by atoms with Gasteiger partial charge in [-0.1, -0.05) is 29.8 Å². The predicted octanol–water partition coefficient (Wildman–Crippen LogP) is 2.68. The molecule has 4 rings (SSSR count). The molecule has 0 aliphatic heterocycles. The number of aromatic amines is 1. The van der Waals surface area contributed by atoms with Crippen LogP contribution in [0.25, 0.3) is 28.2 Å². The number of H-pyrrole nitrogens is 1. The van der Waals surface area contributed by atoms with Crippen molar-refractivity contribution in [3.05, 3.63) is 69.5 Å². The fourth-order valence-electron chi connectivity index (χ4n) is 3.02. The van der Waals surface area contributed by atoms with E-state index in [9.17, 15) is 14.0 Å². The molecule has 2 heterocycles. The summed E-state index contributed by atoms with van der Waals surface area (Å²) in [6.45, 7) is 0. The molecule has 8 nitrogen and oxygen atoms in total. The summed E-state index contributed by atoms with van der Waals surface area (Å²) < 4.78 is 20.9. The van der Waals surface area contributed by atoms with Gasteiger partial charge in [0.15, 0.2) is 17.2 Å². The van der Waals surface area contributed by atoms with Gasteiger partial charge in [0.1, 0.15) is 17.1 Å². The molecule has 0 aliphatic rings. The predicted molar refractivity (Wildman–Crippen MR) is 105 cm³/mol. The average molecular weight is 414 g/mol. The lowest BCUT2D eigenvalue weighted by atomic mass is 10.2. The van der Waals surface area contributed by atoms with Crippen LogP contribution in [0.5, 0.6) is 5.75 Å². The van der Waals surface area contributed by atoms with Crippen LogP contribution in [0.2, 0.25) is 5.02 Å². The van der Waals surface area contributed by atoms with Crippen LogP contribution in [0, 0.1) is 5.82 Å². The number of hydrogen-bond donors (Lipinski definition) is 2. The number of imidazole rings is 1. The summed E-state index contributed by atoms with van der Waals surface area (Å²) in [6.07, 6.45) is 0. The number of ether oxygens (including phenoxy) is 1. The van der Waals surface area contributed by atoms with Gasteiger partial charge in [-0.3, -0.25) is 4.79 Å². The Bertz CT molecular complexity index is 1310. The summed E-state index contributed by atoms with van der Waals surface area (Å²) in [5.41, 5.74) is 4.88. The molecule has 0 radical (unpaired) electrons. The van der Waals surface area contributed by atoms with Gasteiger partial charge in [0.2, 0.25) is 0 Å². The van der Waals surface area contributed by atoms with E-state index in [-0.39, 0.29) is 33.3 Å². The zero-order valence-electron chi connectivity index (χ0n) is 14.9. The maximum absolute atomic E-state index is 14.4. The van der Waals surface area contributed by atoms with Crippen molar-refractivity contribution in [3.8, 4) is 22.8 Å². The van der Waals surface area contributed by atoms with Gasteiger partial charge in [0.25, 0.3) is 5.91 Å². The van der Waals surface area contributed by atoms with Crippen molar-refractivity contribution in [1.82, 2.24) is 19.5 Å². The van der Waals surface area contributed by atoms with E-state index in [0.29, 0.717) is 11.4 Å². The smallest absolute Gasteiger partial charge is 0.332 e. The molecule has 2 aromatic carbocycles. The number of aromatic nitrogens is 4. The van der Waals surface area contributed by atoms with E-state index in [1.807, 2.05) is 0 Å². The highest BCUT2D eigenvalue weighted by molar-refractivity contribution is 6.33. The van der Waals surface area contributed by atoms with E-state index in [0.717, 1.165) is 0 Å². The minimum atomic E-state index is -0.917. The maximum Gasteiger partial charge on any atom is 0.332 e. The number of halogens is 2. The van der Waals surface area contributed by atoms with Crippen LogP contribution in [0.3, 0.4) is 0 Å². The lowest BCUT2D eigenvalue weighted by Crippen LogP contribution is -2.16. The van der Waals surface area contributed by atoms with Gasteiger partial charge in [-0.2, -0.15) is 0 Å². The molecule has 0 saturated carbocycles. The highest BCUT2D eigenvalue weighted by Crippen LogP contribution is 2.31. The molecule has 0 saturated heterocycles. The molecule has 146 valence electrons. The number of benzene rings is 2. The standard InChI is InChI=1S/C19H13ClFN5O3/c1-29-12-8-3-2-7-11(12)26-18-15(24-19(26)28)14(16(22)27)23-17(25-18)13-9(20)5-4-6-10(13)21/h2-8H,1H3,(H2,22,27)(H,24,28). The zero-order chi connectivity index (χ0) is 20.7. The number of rotatable bonds is 4. The topological polar surface area (TPSA) is 116 Å². The van der Waals surface area contributed by atoms with Gasteiger partial charge in [-0.15, -0.1) is 0 Å². The molecular formula is C19H13ClFN5O3. The van der Waals surface area contributed by atoms with Crippen molar-refractivity contribution in [3.63, 3.8) is 0 Å². The van der Waals surface area contributed by atoms with Crippen molar-refractivity contribution in [2.45, 2.75) is 0 Å². The number of methoxy groups -OCH3 is 1. The first-order valence-electron chi connectivity index (χ1n) is 8.32. The molecule has 10 heteroatoms. The van der Waals surface area contributed by atoms with Gasteiger partial charge in [-0.25, -0.2) is 23.7 Å². The summed E-state index contributed by atoms with van der Waals surface area (Å²) in [5, 5.41) is 0.0431. The van der Waals surface area contributed by atoms with E-state index < -0.39 is 17.4 Å². The third-order valence-corrected chi connectivity index (χ3v) is 4.60. The molecule has 2 aromatic heterocycles. The summed E-state index contributed by atoms with van der Waals surface area (Å²) in [6, 6.07) is 10.8. The van der Waals surface area contributed by atoms with Crippen LogP contribution >= 0.6 is 11.6 Å². The minimum absolute atomic E-state index is 0.0182. The quantitative estimate of drug-likeness (QED) is 0.533. The van der Waals surface area contributed by atoms with Gasteiger partial charge in [0, 0.05) is 0 Å². The van der Waals surface area contributed by atoms with E-state index in [1.54, 1.807) is 24.3 Å². The Morgan fingerprint density at radius 2 is 1.97 bits per heavy atom. The van der Waals surface area contributed by atoms with Crippen molar-refractivity contribution in [1.29, 1.82) is 0 Å². The lowest BCUT2D eigenvalue weighted by Gasteiger charge is -2.10. The van der Waals surface area contributed by atoms with Crippen molar-refractivity contribution >= 4 is 28.7 Å². The van der Waals surface area contributed by atoms with E-state index in [2.05, 4.69) is 15.0 Å².